The van der Waals surface area contributed by atoms with Crippen molar-refractivity contribution in [1.29, 1.82) is 0 Å². The summed E-state index contributed by atoms with van der Waals surface area (Å²) in [6.45, 7) is 3.73. The van der Waals surface area contributed by atoms with Crippen LogP contribution < -0.4 is 5.32 Å². The number of hydrogen-bond donors (Lipinski definition) is 2. The first-order chi connectivity index (χ1) is 9.99. The van der Waals surface area contributed by atoms with E-state index in [0.29, 0.717) is 16.6 Å². The van der Waals surface area contributed by atoms with Gasteiger partial charge in [0, 0.05) is 24.5 Å². The van der Waals surface area contributed by atoms with Crippen LogP contribution in [0.3, 0.4) is 0 Å². The average Bonchev–Trinajstić information content (AvgIpc) is 2.46. The molecule has 1 atom stereocenters. The Morgan fingerprint density at radius 1 is 1.19 bits per heavy atom. The highest BCUT2D eigenvalue weighted by Crippen LogP contribution is 2.12. The predicted octanol–water partition coefficient (Wildman–Crippen LogP) is 1.72. The molecular weight excluding hydrogens is 270 g/mol. The van der Waals surface area contributed by atoms with Gasteiger partial charge in [-0.05, 0) is 24.1 Å². The summed E-state index contributed by atoms with van der Waals surface area (Å²) in [4.78, 5) is 31.5. The molecule has 2 N–H and O–H groups in total. The van der Waals surface area contributed by atoms with Crippen molar-refractivity contribution >= 4 is 22.9 Å². The second-order valence-electron chi connectivity index (χ2n) is 5.16. The number of carbonyl (C=O) groups excluding carboxylic acids is 1. The van der Waals surface area contributed by atoms with Gasteiger partial charge in [0.15, 0.2) is 0 Å². The Bertz CT molecular complexity index is 670. The number of benzene rings is 1. The summed E-state index contributed by atoms with van der Waals surface area (Å²) in [5, 5.41) is 11.8. The predicted molar refractivity (Wildman–Crippen MR) is 77.8 cm³/mol. The molecule has 110 valence electrons. The minimum Gasteiger partial charge on any atom is -0.481 e. The highest BCUT2D eigenvalue weighted by Gasteiger charge is 2.22. The first-order valence-electron chi connectivity index (χ1n) is 6.71. The molecule has 1 unspecified atom stereocenters. The maximum Gasteiger partial charge on any atom is 0.308 e. The number of carboxylic acids is 1. The topological polar surface area (TPSA) is 92.2 Å². The molecule has 1 amide bonds. The number of hydrogen-bond acceptors (Lipinski definition) is 4. The van der Waals surface area contributed by atoms with Gasteiger partial charge in [0.05, 0.1) is 17.0 Å². The van der Waals surface area contributed by atoms with Crippen molar-refractivity contribution < 1.29 is 14.7 Å². The summed E-state index contributed by atoms with van der Waals surface area (Å²) in [6, 6.07) is 5.01. The zero-order chi connectivity index (χ0) is 15.4. The number of nitrogens with one attached hydrogen (secondary N) is 1. The molecule has 0 aliphatic rings. The first-order valence-corrected chi connectivity index (χ1v) is 6.71. The molecule has 0 saturated carbocycles. The second kappa shape index (κ2) is 6.30. The lowest BCUT2D eigenvalue weighted by molar-refractivity contribution is -0.142. The van der Waals surface area contributed by atoms with E-state index in [1.54, 1.807) is 30.6 Å². The van der Waals surface area contributed by atoms with Crippen LogP contribution in [0.4, 0.5) is 0 Å². The summed E-state index contributed by atoms with van der Waals surface area (Å²) in [5.74, 6) is -1.87. The molecular formula is C15H17N3O3. The van der Waals surface area contributed by atoms with Gasteiger partial charge in [-0.25, -0.2) is 0 Å². The molecule has 21 heavy (non-hydrogen) atoms. The molecule has 2 aromatic rings. The summed E-state index contributed by atoms with van der Waals surface area (Å²) < 4.78 is 0. The largest absolute Gasteiger partial charge is 0.481 e. The molecule has 0 radical (unpaired) electrons. The molecule has 6 nitrogen and oxygen atoms in total. The zero-order valence-electron chi connectivity index (χ0n) is 11.9. The van der Waals surface area contributed by atoms with Gasteiger partial charge in [0.25, 0.3) is 5.91 Å². The van der Waals surface area contributed by atoms with E-state index in [-0.39, 0.29) is 18.4 Å². The van der Waals surface area contributed by atoms with E-state index in [9.17, 15) is 9.59 Å². The molecule has 0 aliphatic carbocycles. The minimum absolute atomic E-state index is 0.0507. The van der Waals surface area contributed by atoms with Crippen LogP contribution in [0.2, 0.25) is 0 Å². The van der Waals surface area contributed by atoms with Crippen LogP contribution in [0.1, 0.15) is 24.2 Å². The fourth-order valence-electron chi connectivity index (χ4n) is 2.02. The third-order valence-electron chi connectivity index (χ3n) is 3.34. The van der Waals surface area contributed by atoms with E-state index >= 15 is 0 Å². The van der Waals surface area contributed by atoms with Crippen molar-refractivity contribution in [3.8, 4) is 0 Å². The average molecular weight is 287 g/mol. The van der Waals surface area contributed by atoms with Gasteiger partial charge in [-0.1, -0.05) is 13.8 Å². The molecule has 0 saturated heterocycles. The second-order valence-corrected chi connectivity index (χ2v) is 5.16. The van der Waals surface area contributed by atoms with E-state index < -0.39 is 11.9 Å². The lowest BCUT2D eigenvalue weighted by atomic mass is 9.96. The first kappa shape index (κ1) is 14.9. The van der Waals surface area contributed by atoms with Crippen LogP contribution in [0, 0.1) is 11.8 Å². The van der Waals surface area contributed by atoms with E-state index in [2.05, 4.69) is 15.3 Å². The highest BCUT2D eigenvalue weighted by molar-refractivity contribution is 5.97. The van der Waals surface area contributed by atoms with Crippen molar-refractivity contribution in [2.75, 3.05) is 6.54 Å². The summed E-state index contributed by atoms with van der Waals surface area (Å²) in [5.41, 5.74) is 1.78. The Kier molecular flexibility index (Phi) is 4.47. The van der Waals surface area contributed by atoms with Crippen molar-refractivity contribution in [1.82, 2.24) is 15.3 Å². The third-order valence-corrected chi connectivity index (χ3v) is 3.34. The van der Waals surface area contributed by atoms with Gasteiger partial charge in [0.1, 0.15) is 0 Å². The van der Waals surface area contributed by atoms with Crippen LogP contribution in [0.25, 0.3) is 11.0 Å². The van der Waals surface area contributed by atoms with Gasteiger partial charge in [-0.3, -0.25) is 19.6 Å². The molecule has 0 bridgehead atoms. The minimum atomic E-state index is -0.908. The van der Waals surface area contributed by atoms with Crippen LogP contribution in [-0.4, -0.2) is 33.5 Å². The summed E-state index contributed by atoms with van der Waals surface area (Å²) in [7, 11) is 0. The van der Waals surface area contributed by atoms with E-state index in [1.807, 2.05) is 13.8 Å². The smallest absolute Gasteiger partial charge is 0.308 e. The standard InChI is InChI=1S/C15H17N3O3/c1-9(2)11(15(20)21)8-18-14(19)10-3-4-12-13(7-10)17-6-5-16-12/h3-7,9,11H,8H2,1-2H3,(H,18,19)(H,20,21). The maximum atomic E-state index is 12.1. The Balaban J connectivity index is 2.10. The fraction of sp³-hybridized carbons (Fsp3) is 0.333. The van der Waals surface area contributed by atoms with Gasteiger partial charge in [0.2, 0.25) is 0 Å². The molecule has 1 heterocycles. The van der Waals surface area contributed by atoms with Gasteiger partial charge < -0.3 is 10.4 Å². The number of fused-ring (bicyclic) bond motifs is 1. The number of rotatable bonds is 5. The molecule has 0 fully saturated rings. The van der Waals surface area contributed by atoms with Gasteiger partial charge in [-0.15, -0.1) is 0 Å². The molecule has 2 rings (SSSR count). The molecule has 0 aliphatic heterocycles. The number of nitrogens with zero attached hydrogens (tertiary/aromatic N) is 2. The summed E-state index contributed by atoms with van der Waals surface area (Å²) in [6.07, 6.45) is 3.14. The third kappa shape index (κ3) is 3.53. The normalized spacial score (nSPS) is 12.3. The van der Waals surface area contributed by atoms with Crippen molar-refractivity contribution in [3.05, 3.63) is 36.2 Å². The maximum absolute atomic E-state index is 12.1. The molecule has 1 aromatic carbocycles. The monoisotopic (exact) mass is 287 g/mol. The van der Waals surface area contributed by atoms with Gasteiger partial charge in [-0.2, -0.15) is 0 Å². The number of aliphatic carboxylic acids is 1. The lowest BCUT2D eigenvalue weighted by Gasteiger charge is -2.16. The number of amides is 1. The number of carbonyl (C=O) groups is 2. The molecule has 0 spiro atoms. The van der Waals surface area contributed by atoms with Crippen molar-refractivity contribution in [2.24, 2.45) is 11.8 Å². The SMILES string of the molecule is CC(C)C(CNC(=O)c1ccc2nccnc2c1)C(=O)O. The van der Waals surface area contributed by atoms with E-state index in [1.165, 1.54) is 0 Å². The van der Waals surface area contributed by atoms with Gasteiger partial charge >= 0.3 is 5.97 Å². The summed E-state index contributed by atoms with van der Waals surface area (Å²) >= 11 is 0. The Morgan fingerprint density at radius 2 is 1.86 bits per heavy atom. The molecule has 6 heteroatoms. The Morgan fingerprint density at radius 3 is 2.48 bits per heavy atom. The number of carboxylic acid groups (broad SMARTS) is 1. The van der Waals surface area contributed by atoms with Crippen molar-refractivity contribution in [3.63, 3.8) is 0 Å². The quantitative estimate of drug-likeness (QED) is 0.873. The van der Waals surface area contributed by atoms with Crippen molar-refractivity contribution in [2.45, 2.75) is 13.8 Å². The van der Waals surface area contributed by atoms with Crippen LogP contribution in [-0.2, 0) is 4.79 Å². The van der Waals surface area contributed by atoms with E-state index in [0.717, 1.165) is 0 Å². The lowest BCUT2D eigenvalue weighted by Crippen LogP contribution is -2.35. The van der Waals surface area contributed by atoms with Crippen LogP contribution in [0.5, 0.6) is 0 Å². The highest BCUT2D eigenvalue weighted by atomic mass is 16.4. The van der Waals surface area contributed by atoms with Crippen LogP contribution >= 0.6 is 0 Å². The fourth-order valence-corrected chi connectivity index (χ4v) is 2.02. The zero-order valence-corrected chi connectivity index (χ0v) is 11.9. The molecule has 1 aromatic heterocycles. The van der Waals surface area contributed by atoms with Crippen LogP contribution in [0.15, 0.2) is 30.6 Å². The Labute approximate surface area is 122 Å². The van der Waals surface area contributed by atoms with E-state index in [4.69, 9.17) is 5.11 Å². The Hall–Kier alpha value is -2.50. The number of aromatic nitrogens is 2.